The second-order valence-corrected chi connectivity index (χ2v) is 9.02. The van der Waals surface area contributed by atoms with E-state index < -0.39 is 20.0 Å². The summed E-state index contributed by atoms with van der Waals surface area (Å²) in [6, 6.07) is 11.6. The van der Waals surface area contributed by atoms with Crippen LogP contribution < -0.4 is 9.46 Å². The number of methoxy groups -OCH3 is 1. The molecule has 9 heteroatoms. The maximum atomic E-state index is 12.4. The molecular weight excluding hydrogens is 376 g/mol. The highest BCUT2D eigenvalue weighted by Gasteiger charge is 2.21. The summed E-state index contributed by atoms with van der Waals surface area (Å²) in [7, 11) is -5.86. The fourth-order valence-corrected chi connectivity index (χ4v) is 4.89. The van der Waals surface area contributed by atoms with Crippen LogP contribution in [0.1, 0.15) is 13.8 Å². The van der Waals surface area contributed by atoms with Gasteiger partial charge in [0.25, 0.3) is 10.0 Å². The molecule has 2 aromatic carbocycles. The monoisotopic (exact) mass is 398 g/mol. The largest absolute Gasteiger partial charge is 0.497 e. The van der Waals surface area contributed by atoms with Crippen LogP contribution >= 0.6 is 0 Å². The van der Waals surface area contributed by atoms with Crippen LogP contribution in [0.3, 0.4) is 0 Å². The molecule has 2 aromatic rings. The topological polar surface area (TPSA) is 92.8 Å². The first-order valence-electron chi connectivity index (χ1n) is 8.01. The molecular formula is C17H22N2O5S2. The molecule has 0 aliphatic heterocycles. The van der Waals surface area contributed by atoms with Gasteiger partial charge in [0.15, 0.2) is 0 Å². The van der Waals surface area contributed by atoms with E-state index in [2.05, 4.69) is 4.72 Å². The summed E-state index contributed by atoms with van der Waals surface area (Å²) in [6.45, 7) is 4.26. The maximum Gasteiger partial charge on any atom is 0.261 e. The molecule has 1 N–H and O–H groups in total. The van der Waals surface area contributed by atoms with Crippen molar-refractivity contribution < 1.29 is 21.6 Å². The molecule has 142 valence electrons. The zero-order chi connectivity index (χ0) is 19.4. The van der Waals surface area contributed by atoms with Gasteiger partial charge in [0, 0.05) is 18.8 Å². The van der Waals surface area contributed by atoms with Crippen LogP contribution in [0.5, 0.6) is 5.75 Å². The van der Waals surface area contributed by atoms with Crippen LogP contribution in [0.2, 0.25) is 0 Å². The van der Waals surface area contributed by atoms with E-state index in [-0.39, 0.29) is 15.5 Å². The van der Waals surface area contributed by atoms with Gasteiger partial charge < -0.3 is 4.74 Å². The van der Waals surface area contributed by atoms with Crippen LogP contribution in [0, 0.1) is 0 Å². The Labute approximate surface area is 154 Å². The Morgan fingerprint density at radius 2 is 1.35 bits per heavy atom. The van der Waals surface area contributed by atoms with Crippen molar-refractivity contribution in [1.29, 1.82) is 0 Å². The summed E-state index contributed by atoms with van der Waals surface area (Å²) in [5, 5.41) is 0. The van der Waals surface area contributed by atoms with Gasteiger partial charge in [0.2, 0.25) is 10.0 Å². The molecule has 0 aliphatic carbocycles. The molecule has 2 rings (SSSR count). The van der Waals surface area contributed by atoms with E-state index in [1.165, 1.54) is 47.8 Å². The molecule has 0 bridgehead atoms. The number of benzene rings is 2. The third-order valence-electron chi connectivity index (χ3n) is 3.82. The summed E-state index contributed by atoms with van der Waals surface area (Å²) in [5.41, 5.74) is 0.277. The minimum Gasteiger partial charge on any atom is -0.497 e. The molecule has 0 unspecified atom stereocenters. The highest BCUT2D eigenvalue weighted by molar-refractivity contribution is 7.92. The SMILES string of the molecule is CCN(CC)S(=O)(=O)c1ccc(NS(=O)(=O)c2ccc(OC)cc2)cc1. The molecule has 0 saturated heterocycles. The van der Waals surface area contributed by atoms with Gasteiger partial charge in [0.05, 0.1) is 16.9 Å². The van der Waals surface area contributed by atoms with E-state index in [1.54, 1.807) is 26.0 Å². The zero-order valence-corrected chi connectivity index (χ0v) is 16.5. The molecule has 26 heavy (non-hydrogen) atoms. The van der Waals surface area contributed by atoms with Crippen molar-refractivity contribution in [2.24, 2.45) is 0 Å². The average molecular weight is 399 g/mol. The standard InChI is InChI=1S/C17H22N2O5S2/c1-4-19(5-2)26(22,23)17-10-6-14(7-11-17)18-25(20,21)16-12-8-15(24-3)9-13-16/h6-13,18H,4-5H2,1-3H3. The third-order valence-corrected chi connectivity index (χ3v) is 7.28. The Morgan fingerprint density at radius 3 is 1.81 bits per heavy atom. The van der Waals surface area contributed by atoms with Gasteiger partial charge in [0.1, 0.15) is 5.75 Å². The highest BCUT2D eigenvalue weighted by atomic mass is 32.2. The van der Waals surface area contributed by atoms with Crippen LogP contribution in [0.15, 0.2) is 58.3 Å². The van der Waals surface area contributed by atoms with E-state index in [0.29, 0.717) is 18.8 Å². The molecule has 0 atom stereocenters. The summed E-state index contributed by atoms with van der Waals surface area (Å²) in [5.74, 6) is 0.551. The lowest BCUT2D eigenvalue weighted by Crippen LogP contribution is -2.30. The lowest BCUT2D eigenvalue weighted by atomic mass is 10.3. The third kappa shape index (κ3) is 4.35. The van der Waals surface area contributed by atoms with E-state index >= 15 is 0 Å². The number of sulfonamides is 2. The van der Waals surface area contributed by atoms with Crippen LogP contribution in [0.25, 0.3) is 0 Å². The molecule has 0 aromatic heterocycles. The Morgan fingerprint density at radius 1 is 0.846 bits per heavy atom. The number of ether oxygens (including phenoxy) is 1. The second kappa shape index (κ2) is 8.07. The minimum absolute atomic E-state index is 0.0816. The molecule has 0 spiro atoms. The molecule has 0 saturated carbocycles. The van der Waals surface area contributed by atoms with Crippen molar-refractivity contribution in [1.82, 2.24) is 4.31 Å². The summed E-state index contributed by atoms with van der Waals surface area (Å²) in [4.78, 5) is 0.201. The van der Waals surface area contributed by atoms with E-state index in [0.717, 1.165) is 0 Å². The Hall–Kier alpha value is -2.10. The number of nitrogens with one attached hydrogen (secondary N) is 1. The number of hydrogen-bond acceptors (Lipinski definition) is 5. The van der Waals surface area contributed by atoms with Gasteiger partial charge in [-0.1, -0.05) is 13.8 Å². The molecule has 0 amide bonds. The van der Waals surface area contributed by atoms with E-state index in [1.807, 2.05) is 0 Å². The van der Waals surface area contributed by atoms with Crippen molar-refractivity contribution in [3.8, 4) is 5.75 Å². The average Bonchev–Trinajstić information content (AvgIpc) is 2.62. The van der Waals surface area contributed by atoms with E-state index in [9.17, 15) is 16.8 Å². The minimum atomic E-state index is -3.78. The Bertz CT molecular complexity index is 934. The van der Waals surface area contributed by atoms with Gasteiger partial charge in [-0.05, 0) is 48.5 Å². The molecule has 0 radical (unpaired) electrons. The molecule has 0 aliphatic rings. The van der Waals surface area contributed by atoms with Crippen LogP contribution in [-0.4, -0.2) is 41.3 Å². The first kappa shape index (κ1) is 20.2. The fourth-order valence-electron chi connectivity index (χ4n) is 2.38. The molecule has 7 nitrogen and oxygen atoms in total. The summed E-state index contributed by atoms with van der Waals surface area (Å²) >= 11 is 0. The summed E-state index contributed by atoms with van der Waals surface area (Å²) in [6.07, 6.45) is 0. The number of anilines is 1. The van der Waals surface area contributed by atoms with Gasteiger partial charge >= 0.3 is 0 Å². The predicted molar refractivity (Wildman–Crippen MR) is 100 cm³/mol. The number of hydrogen-bond donors (Lipinski definition) is 1. The normalized spacial score (nSPS) is 12.2. The van der Waals surface area contributed by atoms with Gasteiger partial charge in [-0.3, -0.25) is 4.72 Å². The lowest BCUT2D eigenvalue weighted by Gasteiger charge is -2.18. The van der Waals surface area contributed by atoms with Crippen LogP contribution in [0.4, 0.5) is 5.69 Å². The predicted octanol–water partition coefficient (Wildman–Crippen LogP) is 2.53. The van der Waals surface area contributed by atoms with Gasteiger partial charge in [-0.2, -0.15) is 4.31 Å². The Balaban J connectivity index is 2.23. The number of nitrogens with zero attached hydrogens (tertiary/aromatic N) is 1. The first-order chi connectivity index (χ1) is 12.2. The van der Waals surface area contributed by atoms with E-state index in [4.69, 9.17) is 4.74 Å². The zero-order valence-electron chi connectivity index (χ0n) is 14.8. The summed E-state index contributed by atoms with van der Waals surface area (Å²) < 4.78 is 58.5. The van der Waals surface area contributed by atoms with Crippen molar-refractivity contribution >= 4 is 25.7 Å². The molecule has 0 fully saturated rings. The lowest BCUT2D eigenvalue weighted by molar-refractivity contribution is 0.414. The van der Waals surface area contributed by atoms with Crippen molar-refractivity contribution in [3.05, 3.63) is 48.5 Å². The molecule has 0 heterocycles. The Kier molecular flexibility index (Phi) is 6.27. The quantitative estimate of drug-likeness (QED) is 0.738. The number of rotatable bonds is 8. The smallest absolute Gasteiger partial charge is 0.261 e. The van der Waals surface area contributed by atoms with Crippen LogP contribution in [-0.2, 0) is 20.0 Å². The van der Waals surface area contributed by atoms with Crippen molar-refractivity contribution in [2.75, 3.05) is 24.9 Å². The van der Waals surface area contributed by atoms with Gasteiger partial charge in [-0.25, -0.2) is 16.8 Å². The highest BCUT2D eigenvalue weighted by Crippen LogP contribution is 2.22. The van der Waals surface area contributed by atoms with Crippen molar-refractivity contribution in [2.45, 2.75) is 23.6 Å². The van der Waals surface area contributed by atoms with Crippen molar-refractivity contribution in [3.63, 3.8) is 0 Å². The first-order valence-corrected chi connectivity index (χ1v) is 10.9. The van der Waals surface area contributed by atoms with Gasteiger partial charge in [-0.15, -0.1) is 0 Å². The fraction of sp³-hybridized carbons (Fsp3) is 0.294. The second-order valence-electron chi connectivity index (χ2n) is 5.39. The maximum absolute atomic E-state index is 12.4.